The van der Waals surface area contributed by atoms with Crippen molar-refractivity contribution in [1.29, 1.82) is 0 Å². The predicted molar refractivity (Wildman–Crippen MR) is 69.8 cm³/mol. The Morgan fingerprint density at radius 2 is 2.19 bits per heavy atom. The number of rotatable bonds is 2. The molecular formula is C10H8BrN3OS. The van der Waals surface area contributed by atoms with E-state index in [-0.39, 0.29) is 11.7 Å². The van der Waals surface area contributed by atoms with Crippen LogP contribution < -0.4 is 5.43 Å². The van der Waals surface area contributed by atoms with Crippen molar-refractivity contribution in [1.82, 2.24) is 5.43 Å². The van der Waals surface area contributed by atoms with E-state index < -0.39 is 0 Å². The van der Waals surface area contributed by atoms with Crippen molar-refractivity contribution in [2.75, 3.05) is 6.54 Å². The third-order valence-electron chi connectivity index (χ3n) is 1.81. The maximum Gasteiger partial charge on any atom is 0.218 e. The number of thioether (sulfide) groups is 1. The van der Waals surface area contributed by atoms with Crippen molar-refractivity contribution in [2.24, 2.45) is 10.1 Å². The van der Waals surface area contributed by atoms with Gasteiger partial charge < -0.3 is 0 Å². The van der Waals surface area contributed by atoms with Gasteiger partial charge in [0.25, 0.3) is 0 Å². The zero-order valence-corrected chi connectivity index (χ0v) is 10.6. The molecule has 1 heterocycles. The van der Waals surface area contributed by atoms with Gasteiger partial charge in [0.05, 0.1) is 6.21 Å². The Kier molecular flexibility index (Phi) is 3.74. The Hall–Kier alpha value is -1.14. The number of carbonyl (C=O) groups excluding carboxylic acids is 1. The molecule has 0 aromatic heterocycles. The van der Waals surface area contributed by atoms with Crippen molar-refractivity contribution in [3.8, 4) is 0 Å². The molecule has 0 unspecified atom stereocenters. The Bertz CT molecular complexity index is 456. The molecule has 6 heteroatoms. The van der Waals surface area contributed by atoms with Crippen LogP contribution in [0.5, 0.6) is 0 Å². The molecule has 0 radical (unpaired) electrons. The van der Waals surface area contributed by atoms with E-state index in [4.69, 9.17) is 0 Å². The molecule has 2 rings (SSSR count). The lowest BCUT2D eigenvalue weighted by Crippen LogP contribution is -2.11. The third-order valence-corrected chi connectivity index (χ3v) is 3.11. The predicted octanol–water partition coefficient (Wildman–Crippen LogP) is 2.00. The van der Waals surface area contributed by atoms with E-state index in [0.717, 1.165) is 21.8 Å². The molecule has 1 aliphatic heterocycles. The van der Waals surface area contributed by atoms with Crippen LogP contribution in [0.2, 0.25) is 0 Å². The van der Waals surface area contributed by atoms with Crippen molar-refractivity contribution >= 4 is 44.2 Å². The van der Waals surface area contributed by atoms with Crippen molar-refractivity contribution < 1.29 is 4.79 Å². The van der Waals surface area contributed by atoms with Gasteiger partial charge in [-0.1, -0.05) is 28.1 Å². The van der Waals surface area contributed by atoms with Gasteiger partial charge in [-0.3, -0.25) is 15.2 Å². The second kappa shape index (κ2) is 5.27. The number of hydrazone groups is 1. The largest absolute Gasteiger partial charge is 0.285 e. The minimum Gasteiger partial charge on any atom is -0.285 e. The van der Waals surface area contributed by atoms with Gasteiger partial charge in [0.15, 0.2) is 5.17 Å². The van der Waals surface area contributed by atoms with Gasteiger partial charge in [-0.15, -0.1) is 0 Å². The molecule has 1 aromatic carbocycles. The van der Waals surface area contributed by atoms with E-state index in [1.54, 1.807) is 6.21 Å². The number of nitrogens with zero attached hydrogens (tertiary/aromatic N) is 2. The van der Waals surface area contributed by atoms with Crippen LogP contribution in [0, 0.1) is 0 Å². The van der Waals surface area contributed by atoms with E-state index in [9.17, 15) is 4.79 Å². The van der Waals surface area contributed by atoms with Crippen molar-refractivity contribution in [3.63, 3.8) is 0 Å². The molecular weight excluding hydrogens is 290 g/mol. The quantitative estimate of drug-likeness (QED) is 0.671. The molecule has 1 aliphatic rings. The summed E-state index contributed by atoms with van der Waals surface area (Å²) in [5.74, 6) is 0. The average molecular weight is 298 g/mol. The first-order valence-electron chi connectivity index (χ1n) is 4.54. The molecule has 0 saturated carbocycles. The number of carbonyl (C=O) groups is 1. The molecule has 1 aromatic rings. The Morgan fingerprint density at radius 1 is 1.44 bits per heavy atom. The van der Waals surface area contributed by atoms with E-state index in [1.807, 2.05) is 24.3 Å². The summed E-state index contributed by atoms with van der Waals surface area (Å²) in [6, 6.07) is 7.74. The minimum absolute atomic E-state index is 0.0429. The number of nitrogens with one attached hydrogen (secondary N) is 1. The number of aliphatic imine (C=N–C) groups is 1. The summed E-state index contributed by atoms with van der Waals surface area (Å²) in [5, 5.41) is 4.59. The summed E-state index contributed by atoms with van der Waals surface area (Å²) in [7, 11) is 0. The smallest absolute Gasteiger partial charge is 0.218 e. The molecule has 0 atom stereocenters. The molecule has 16 heavy (non-hydrogen) atoms. The van der Waals surface area contributed by atoms with E-state index in [2.05, 4.69) is 31.4 Å². The molecule has 0 fully saturated rings. The van der Waals surface area contributed by atoms with Crippen LogP contribution in [0.1, 0.15) is 5.56 Å². The first-order chi connectivity index (χ1) is 7.74. The first kappa shape index (κ1) is 11.3. The Labute approximate surface area is 105 Å². The Morgan fingerprint density at radius 3 is 2.81 bits per heavy atom. The zero-order chi connectivity index (χ0) is 11.4. The van der Waals surface area contributed by atoms with Gasteiger partial charge in [-0.25, -0.2) is 0 Å². The van der Waals surface area contributed by atoms with Crippen LogP contribution in [0.15, 0.2) is 38.8 Å². The minimum atomic E-state index is 0.0429. The van der Waals surface area contributed by atoms with E-state index in [1.165, 1.54) is 0 Å². The normalized spacial score (nSPS) is 15.6. The van der Waals surface area contributed by atoms with Gasteiger partial charge in [0.1, 0.15) is 6.54 Å². The highest BCUT2D eigenvalue weighted by Crippen LogP contribution is 2.11. The van der Waals surface area contributed by atoms with E-state index >= 15 is 0 Å². The van der Waals surface area contributed by atoms with Crippen LogP contribution in [0.3, 0.4) is 0 Å². The monoisotopic (exact) mass is 297 g/mol. The molecule has 0 aliphatic carbocycles. The topological polar surface area (TPSA) is 53.8 Å². The second-order valence-electron chi connectivity index (χ2n) is 3.02. The zero-order valence-electron chi connectivity index (χ0n) is 8.18. The third kappa shape index (κ3) is 3.18. The lowest BCUT2D eigenvalue weighted by atomic mass is 10.2. The molecule has 0 saturated heterocycles. The number of hydrogen-bond acceptors (Lipinski definition) is 5. The van der Waals surface area contributed by atoms with Crippen LogP contribution in [-0.4, -0.2) is 23.0 Å². The number of benzene rings is 1. The van der Waals surface area contributed by atoms with Crippen molar-refractivity contribution in [2.45, 2.75) is 0 Å². The Balaban J connectivity index is 1.90. The maximum absolute atomic E-state index is 10.9. The molecule has 0 amide bonds. The maximum atomic E-state index is 10.9. The van der Waals surface area contributed by atoms with Gasteiger partial charge in [0.2, 0.25) is 5.12 Å². The summed E-state index contributed by atoms with van der Waals surface area (Å²) in [6.07, 6.45) is 1.68. The number of halogens is 1. The lowest BCUT2D eigenvalue weighted by molar-refractivity contribution is -0.109. The standard InChI is InChI=1S/C10H8BrN3OS/c11-8-3-1-7(2-4-8)5-13-14-10-12-6-9(15)16-10/h1-5H,6H2,(H,12,14)/b13-5-. The SMILES string of the molecule is O=C1CN=C(N/N=C\c2ccc(Br)cc2)S1. The summed E-state index contributed by atoms with van der Waals surface area (Å²) in [6.45, 7) is 0.237. The summed E-state index contributed by atoms with van der Waals surface area (Å²) in [5.41, 5.74) is 3.70. The highest BCUT2D eigenvalue weighted by Gasteiger charge is 2.14. The number of hydrogen-bond donors (Lipinski definition) is 1. The summed E-state index contributed by atoms with van der Waals surface area (Å²) < 4.78 is 1.03. The number of amidine groups is 1. The molecule has 0 bridgehead atoms. The molecule has 0 spiro atoms. The first-order valence-corrected chi connectivity index (χ1v) is 6.15. The summed E-state index contributed by atoms with van der Waals surface area (Å²) in [4.78, 5) is 14.8. The van der Waals surface area contributed by atoms with Crippen LogP contribution in [0.25, 0.3) is 0 Å². The lowest BCUT2D eigenvalue weighted by Gasteiger charge is -1.96. The van der Waals surface area contributed by atoms with Crippen LogP contribution in [0.4, 0.5) is 0 Å². The fourth-order valence-corrected chi connectivity index (χ4v) is 1.91. The van der Waals surface area contributed by atoms with Gasteiger partial charge in [0, 0.05) is 4.47 Å². The molecule has 82 valence electrons. The molecule has 1 N–H and O–H groups in total. The highest BCUT2D eigenvalue weighted by atomic mass is 79.9. The summed E-state index contributed by atoms with van der Waals surface area (Å²) >= 11 is 4.44. The second-order valence-corrected chi connectivity index (χ2v) is 4.98. The van der Waals surface area contributed by atoms with E-state index in [0.29, 0.717) is 5.17 Å². The van der Waals surface area contributed by atoms with Crippen LogP contribution in [-0.2, 0) is 4.79 Å². The van der Waals surface area contributed by atoms with Gasteiger partial charge in [-0.05, 0) is 29.5 Å². The fourth-order valence-electron chi connectivity index (χ4n) is 1.08. The van der Waals surface area contributed by atoms with Crippen LogP contribution >= 0.6 is 27.7 Å². The van der Waals surface area contributed by atoms with Gasteiger partial charge >= 0.3 is 0 Å². The van der Waals surface area contributed by atoms with Gasteiger partial charge in [-0.2, -0.15) is 5.10 Å². The average Bonchev–Trinajstić information content (AvgIpc) is 2.67. The highest BCUT2D eigenvalue weighted by molar-refractivity contribution is 9.10. The molecule has 4 nitrogen and oxygen atoms in total. The fraction of sp³-hybridized carbons (Fsp3) is 0.100. The van der Waals surface area contributed by atoms with Crippen molar-refractivity contribution in [3.05, 3.63) is 34.3 Å².